The third-order valence-corrected chi connectivity index (χ3v) is 6.04. The van der Waals surface area contributed by atoms with Gasteiger partial charge >= 0.3 is 0 Å². The molecule has 0 atom stereocenters. The number of hydrogen-bond donors (Lipinski definition) is 2. The smallest absolute Gasteiger partial charge is 0.269 e. The zero-order valence-electron chi connectivity index (χ0n) is 16.5. The van der Waals surface area contributed by atoms with Gasteiger partial charge in [0.15, 0.2) is 0 Å². The maximum Gasteiger partial charge on any atom is 0.269 e. The minimum absolute atomic E-state index is 0.0273. The molecule has 1 heterocycles. The van der Waals surface area contributed by atoms with E-state index in [1.807, 2.05) is 24.3 Å². The molecule has 9 heteroatoms. The van der Waals surface area contributed by atoms with Crippen LogP contribution in [0.4, 0.5) is 11.4 Å². The molecule has 158 valence electrons. The van der Waals surface area contributed by atoms with Crippen LogP contribution in [-0.2, 0) is 16.1 Å². The Balaban J connectivity index is 1.48. The van der Waals surface area contributed by atoms with Gasteiger partial charge in [0.2, 0.25) is 11.8 Å². The largest absolute Gasteiger partial charge is 0.369 e. The van der Waals surface area contributed by atoms with E-state index in [-0.39, 0.29) is 29.2 Å². The Morgan fingerprint density at radius 2 is 1.87 bits per heavy atom. The summed E-state index contributed by atoms with van der Waals surface area (Å²) in [5.74, 6) is -0.174. The van der Waals surface area contributed by atoms with Crippen LogP contribution in [0.5, 0.6) is 0 Å². The number of nitro groups is 1. The number of nitrogens with zero attached hydrogens (tertiary/aromatic N) is 2. The predicted molar refractivity (Wildman–Crippen MR) is 116 cm³/mol. The topological polar surface area (TPSA) is 119 Å². The van der Waals surface area contributed by atoms with Crippen molar-refractivity contribution in [2.75, 3.05) is 24.2 Å². The first kappa shape index (κ1) is 21.8. The summed E-state index contributed by atoms with van der Waals surface area (Å²) < 4.78 is 0. The van der Waals surface area contributed by atoms with Gasteiger partial charge in [-0.05, 0) is 55.8 Å². The number of carbonyl (C=O) groups is 2. The van der Waals surface area contributed by atoms with E-state index in [0.717, 1.165) is 48.6 Å². The molecule has 2 amide bonds. The lowest BCUT2D eigenvalue weighted by Gasteiger charge is -2.30. The summed E-state index contributed by atoms with van der Waals surface area (Å²) in [5.41, 5.74) is 7.23. The van der Waals surface area contributed by atoms with Gasteiger partial charge in [-0.1, -0.05) is 12.1 Å². The van der Waals surface area contributed by atoms with Crippen molar-refractivity contribution in [3.63, 3.8) is 0 Å². The summed E-state index contributed by atoms with van der Waals surface area (Å²) in [7, 11) is 0. The quantitative estimate of drug-likeness (QED) is 0.379. The van der Waals surface area contributed by atoms with E-state index in [1.54, 1.807) is 12.1 Å². The summed E-state index contributed by atoms with van der Waals surface area (Å²) >= 11 is 1.32. The van der Waals surface area contributed by atoms with Crippen molar-refractivity contribution in [3.8, 4) is 0 Å². The van der Waals surface area contributed by atoms with E-state index in [2.05, 4.69) is 10.2 Å². The van der Waals surface area contributed by atoms with Crippen molar-refractivity contribution in [2.45, 2.75) is 24.3 Å². The molecule has 0 unspecified atom stereocenters. The van der Waals surface area contributed by atoms with Crippen LogP contribution in [0.2, 0.25) is 0 Å². The maximum absolute atomic E-state index is 12.3. The Bertz CT molecular complexity index is 911. The highest BCUT2D eigenvalue weighted by Crippen LogP contribution is 2.22. The second-order valence-corrected chi connectivity index (χ2v) is 8.29. The SMILES string of the molecule is NC(=O)C1CCN(Cc2cccc(NC(=O)CSc3ccc([N+](=O)[O-])cc3)c2)CC1. The molecule has 1 fully saturated rings. The van der Waals surface area contributed by atoms with E-state index < -0.39 is 4.92 Å². The van der Waals surface area contributed by atoms with Gasteiger partial charge < -0.3 is 11.1 Å². The fourth-order valence-corrected chi connectivity index (χ4v) is 4.09. The number of primary amides is 1. The zero-order chi connectivity index (χ0) is 21.5. The average Bonchev–Trinajstić information content (AvgIpc) is 2.73. The number of anilines is 1. The molecule has 30 heavy (non-hydrogen) atoms. The van der Waals surface area contributed by atoms with Crippen LogP contribution in [0.25, 0.3) is 0 Å². The number of benzene rings is 2. The molecule has 0 spiro atoms. The van der Waals surface area contributed by atoms with Crippen molar-refractivity contribution in [1.82, 2.24) is 4.90 Å². The monoisotopic (exact) mass is 428 g/mol. The molecular weight excluding hydrogens is 404 g/mol. The lowest BCUT2D eigenvalue weighted by Crippen LogP contribution is -2.38. The van der Waals surface area contributed by atoms with Gasteiger partial charge in [0.1, 0.15) is 0 Å². The van der Waals surface area contributed by atoms with Crippen molar-refractivity contribution < 1.29 is 14.5 Å². The highest BCUT2D eigenvalue weighted by Gasteiger charge is 2.23. The molecule has 1 aliphatic rings. The average molecular weight is 429 g/mol. The zero-order valence-corrected chi connectivity index (χ0v) is 17.3. The fourth-order valence-electron chi connectivity index (χ4n) is 3.39. The van der Waals surface area contributed by atoms with Crippen LogP contribution in [0.15, 0.2) is 53.4 Å². The molecule has 2 aromatic carbocycles. The second kappa shape index (κ2) is 10.2. The van der Waals surface area contributed by atoms with E-state index in [9.17, 15) is 19.7 Å². The molecule has 8 nitrogen and oxygen atoms in total. The second-order valence-electron chi connectivity index (χ2n) is 7.24. The summed E-state index contributed by atoms with van der Waals surface area (Å²) in [6.45, 7) is 2.42. The number of likely N-dealkylation sites (tertiary alicyclic amines) is 1. The normalized spacial score (nSPS) is 14.9. The number of nitrogens with two attached hydrogens (primary N) is 1. The summed E-state index contributed by atoms with van der Waals surface area (Å²) in [4.78, 5) is 36.9. The minimum atomic E-state index is -0.450. The molecule has 0 aromatic heterocycles. The van der Waals surface area contributed by atoms with Gasteiger partial charge in [0.05, 0.1) is 10.7 Å². The van der Waals surface area contributed by atoms with Gasteiger partial charge in [0, 0.05) is 35.2 Å². The van der Waals surface area contributed by atoms with Gasteiger partial charge in [-0.3, -0.25) is 24.6 Å². The molecule has 1 saturated heterocycles. The van der Waals surface area contributed by atoms with Crippen LogP contribution in [0.3, 0.4) is 0 Å². The molecule has 0 bridgehead atoms. The summed E-state index contributed by atoms with van der Waals surface area (Å²) in [5, 5.41) is 13.6. The van der Waals surface area contributed by atoms with Crippen LogP contribution in [0, 0.1) is 16.0 Å². The van der Waals surface area contributed by atoms with Crippen LogP contribution >= 0.6 is 11.8 Å². The molecule has 0 saturated carbocycles. The molecular formula is C21H24N4O4S. The first-order valence-electron chi connectivity index (χ1n) is 9.68. The third-order valence-electron chi connectivity index (χ3n) is 5.02. The van der Waals surface area contributed by atoms with Crippen molar-refractivity contribution in [3.05, 3.63) is 64.2 Å². The third kappa shape index (κ3) is 6.30. The van der Waals surface area contributed by atoms with Crippen molar-refractivity contribution in [2.24, 2.45) is 11.7 Å². The van der Waals surface area contributed by atoms with Gasteiger partial charge in [-0.15, -0.1) is 11.8 Å². The van der Waals surface area contributed by atoms with Crippen LogP contribution < -0.4 is 11.1 Å². The molecule has 1 aliphatic heterocycles. The molecule has 2 aromatic rings. The standard InChI is InChI=1S/C21H24N4O4S/c22-21(27)16-8-10-24(11-9-16)13-15-2-1-3-17(12-15)23-20(26)14-30-19-6-4-18(5-7-19)25(28)29/h1-7,12,16H,8-11,13-14H2,(H2,22,27)(H,23,26). The van der Waals surface area contributed by atoms with E-state index >= 15 is 0 Å². The first-order chi connectivity index (χ1) is 14.4. The predicted octanol–water partition coefficient (Wildman–Crippen LogP) is 3.02. The summed E-state index contributed by atoms with van der Waals surface area (Å²) in [6, 6.07) is 13.8. The Morgan fingerprint density at radius 1 is 1.17 bits per heavy atom. The lowest BCUT2D eigenvalue weighted by atomic mass is 9.96. The number of nitro benzene ring substituents is 1. The minimum Gasteiger partial charge on any atom is -0.369 e. The Labute approximate surface area is 179 Å². The number of hydrogen-bond acceptors (Lipinski definition) is 6. The number of amides is 2. The molecule has 3 rings (SSSR count). The number of thioether (sulfide) groups is 1. The number of non-ortho nitro benzene ring substituents is 1. The number of rotatable bonds is 8. The Hall–Kier alpha value is -2.91. The number of piperidine rings is 1. The molecule has 0 radical (unpaired) electrons. The van der Waals surface area contributed by atoms with Gasteiger partial charge in [-0.2, -0.15) is 0 Å². The highest BCUT2D eigenvalue weighted by atomic mass is 32.2. The van der Waals surface area contributed by atoms with Crippen LogP contribution in [0.1, 0.15) is 18.4 Å². The van der Waals surface area contributed by atoms with Gasteiger partial charge in [0.25, 0.3) is 5.69 Å². The highest BCUT2D eigenvalue weighted by molar-refractivity contribution is 8.00. The molecule has 0 aliphatic carbocycles. The van der Waals surface area contributed by atoms with Crippen molar-refractivity contribution >= 4 is 35.0 Å². The van der Waals surface area contributed by atoms with Gasteiger partial charge in [-0.25, -0.2) is 0 Å². The first-order valence-corrected chi connectivity index (χ1v) is 10.7. The molecule has 3 N–H and O–H groups in total. The summed E-state index contributed by atoms with van der Waals surface area (Å²) in [6.07, 6.45) is 1.57. The number of nitrogens with one attached hydrogen (secondary N) is 1. The number of carbonyl (C=O) groups excluding carboxylic acids is 2. The van der Waals surface area contributed by atoms with E-state index in [4.69, 9.17) is 5.73 Å². The van der Waals surface area contributed by atoms with E-state index in [0.29, 0.717) is 0 Å². The fraction of sp³-hybridized carbons (Fsp3) is 0.333. The Morgan fingerprint density at radius 3 is 2.50 bits per heavy atom. The Kier molecular flexibility index (Phi) is 7.42. The van der Waals surface area contributed by atoms with E-state index in [1.165, 1.54) is 23.9 Å². The van der Waals surface area contributed by atoms with Crippen LogP contribution in [-0.4, -0.2) is 40.5 Å². The van der Waals surface area contributed by atoms with Crippen molar-refractivity contribution in [1.29, 1.82) is 0 Å². The lowest BCUT2D eigenvalue weighted by molar-refractivity contribution is -0.384. The maximum atomic E-state index is 12.3.